The van der Waals surface area contributed by atoms with Crippen molar-refractivity contribution < 1.29 is 9.53 Å². The molecular formula is C16H15N4O2Si3. The molecule has 0 bridgehead atoms. The first-order valence-electron chi connectivity index (χ1n) is 7.68. The van der Waals surface area contributed by atoms with E-state index in [1.54, 1.807) is 29.2 Å². The first-order chi connectivity index (χ1) is 12.1. The van der Waals surface area contributed by atoms with Crippen molar-refractivity contribution in [2.75, 3.05) is 11.9 Å². The molecule has 0 saturated heterocycles. The van der Waals surface area contributed by atoms with E-state index >= 15 is 0 Å². The molecule has 0 atom stereocenters. The van der Waals surface area contributed by atoms with Crippen molar-refractivity contribution in [1.29, 1.82) is 0 Å². The minimum atomic E-state index is -0.667. The SMILES string of the molecule is O=C(Nc1cnc2cnn(COCC[Si]([Si])[Si])c2c1)c1ccccc1. The number of nitrogens with zero attached hydrogens (tertiary/aromatic N) is 3. The molecule has 25 heavy (non-hydrogen) atoms. The van der Waals surface area contributed by atoms with E-state index < -0.39 is 7.83 Å². The van der Waals surface area contributed by atoms with Gasteiger partial charge in [-0.05, 0) is 24.2 Å². The van der Waals surface area contributed by atoms with Crippen molar-refractivity contribution in [3.63, 3.8) is 0 Å². The maximum absolute atomic E-state index is 12.3. The molecule has 2 aromatic heterocycles. The fourth-order valence-electron chi connectivity index (χ4n) is 2.25. The van der Waals surface area contributed by atoms with Gasteiger partial charge in [0.05, 0.1) is 23.6 Å². The van der Waals surface area contributed by atoms with Crippen molar-refractivity contribution in [1.82, 2.24) is 14.8 Å². The zero-order chi connectivity index (χ0) is 17.6. The van der Waals surface area contributed by atoms with Crippen LogP contribution in [0.1, 0.15) is 10.4 Å². The topological polar surface area (TPSA) is 69.0 Å². The van der Waals surface area contributed by atoms with Crippen LogP contribution >= 0.6 is 0 Å². The molecule has 0 spiro atoms. The zero-order valence-corrected chi connectivity index (χ0v) is 16.4. The Kier molecular flexibility index (Phi) is 5.91. The summed E-state index contributed by atoms with van der Waals surface area (Å²) < 4.78 is 7.37. The van der Waals surface area contributed by atoms with Crippen LogP contribution < -0.4 is 5.32 Å². The van der Waals surface area contributed by atoms with Gasteiger partial charge in [0.15, 0.2) is 0 Å². The van der Waals surface area contributed by atoms with Gasteiger partial charge in [0.1, 0.15) is 12.2 Å². The van der Waals surface area contributed by atoms with Crippen LogP contribution in [0.15, 0.2) is 48.8 Å². The van der Waals surface area contributed by atoms with Gasteiger partial charge in [-0.1, -0.05) is 18.2 Å². The summed E-state index contributed by atoms with van der Waals surface area (Å²) in [4.78, 5) is 16.6. The van der Waals surface area contributed by atoms with Gasteiger partial charge in [-0.25, -0.2) is 4.68 Å². The first kappa shape index (κ1) is 17.7. The summed E-state index contributed by atoms with van der Waals surface area (Å²) in [6, 6.07) is 11.9. The molecule has 1 N–H and O–H groups in total. The third kappa shape index (κ3) is 4.72. The lowest BCUT2D eigenvalue weighted by Crippen LogP contribution is -2.16. The summed E-state index contributed by atoms with van der Waals surface area (Å²) in [6.07, 6.45) is 3.31. The summed E-state index contributed by atoms with van der Waals surface area (Å²) >= 11 is 0. The molecule has 9 heteroatoms. The third-order valence-corrected chi connectivity index (χ3v) is 5.70. The second-order valence-corrected chi connectivity index (χ2v) is 11.9. The highest BCUT2D eigenvalue weighted by atomic mass is 29.5. The molecular weight excluding hydrogens is 364 g/mol. The molecule has 1 aromatic carbocycles. The number of anilines is 1. The molecule has 0 aliphatic heterocycles. The fraction of sp³-hybridized carbons (Fsp3) is 0.188. The van der Waals surface area contributed by atoms with Crippen LogP contribution in [0.3, 0.4) is 0 Å². The van der Waals surface area contributed by atoms with E-state index in [1.807, 2.05) is 24.3 Å². The molecule has 1 amide bonds. The standard InChI is InChI=1S/C16H15N4O2Si3/c21-16(12-4-2-1-3-5-12)19-13-8-15-14(17-9-13)10-18-20(15)11-22-6-7-25(23)24/h1-5,8-10H,6-7,11H2,(H,19,21). The first-order valence-corrected chi connectivity index (χ1v) is 12.4. The summed E-state index contributed by atoms with van der Waals surface area (Å²) in [5, 5.41) is 7.15. The third-order valence-electron chi connectivity index (χ3n) is 3.50. The molecule has 0 saturated carbocycles. The number of aromatic nitrogens is 3. The Labute approximate surface area is 153 Å². The Morgan fingerprint density at radius 2 is 2.04 bits per heavy atom. The smallest absolute Gasteiger partial charge is 0.255 e. The molecule has 0 aliphatic carbocycles. The van der Waals surface area contributed by atoms with Gasteiger partial charge in [0.25, 0.3) is 5.91 Å². The summed E-state index contributed by atoms with van der Waals surface area (Å²) in [5.74, 6) is -0.173. The van der Waals surface area contributed by atoms with Crippen LogP contribution in [-0.4, -0.2) is 54.6 Å². The van der Waals surface area contributed by atoms with Crippen molar-refractivity contribution in [2.24, 2.45) is 0 Å². The van der Waals surface area contributed by atoms with Crippen molar-refractivity contribution >= 4 is 50.0 Å². The van der Waals surface area contributed by atoms with E-state index in [-0.39, 0.29) is 5.91 Å². The maximum Gasteiger partial charge on any atom is 0.255 e. The molecule has 0 fully saturated rings. The van der Waals surface area contributed by atoms with Crippen LogP contribution in [0, 0.1) is 0 Å². The van der Waals surface area contributed by atoms with E-state index in [0.717, 1.165) is 17.1 Å². The average Bonchev–Trinajstić information content (AvgIpc) is 3.02. The van der Waals surface area contributed by atoms with Crippen molar-refractivity contribution in [2.45, 2.75) is 12.8 Å². The number of hydrogen-bond acceptors (Lipinski definition) is 4. The normalized spacial score (nSPS) is 11.2. The fourth-order valence-corrected chi connectivity index (χ4v) is 3.21. The highest BCUT2D eigenvalue weighted by Crippen LogP contribution is 2.17. The molecule has 0 unspecified atom stereocenters. The Balaban J connectivity index is 1.70. The number of benzene rings is 1. The van der Waals surface area contributed by atoms with E-state index in [4.69, 9.17) is 4.74 Å². The number of rotatable bonds is 7. The van der Waals surface area contributed by atoms with Gasteiger partial charge < -0.3 is 10.1 Å². The minimum Gasteiger partial charge on any atom is -0.360 e. The second-order valence-electron chi connectivity index (χ2n) is 5.36. The highest BCUT2D eigenvalue weighted by molar-refractivity contribution is 7.29. The number of nitrogens with one attached hydrogen (secondary N) is 1. The van der Waals surface area contributed by atoms with Crippen molar-refractivity contribution in [3.8, 4) is 0 Å². The van der Waals surface area contributed by atoms with Gasteiger partial charge >= 0.3 is 0 Å². The lowest BCUT2D eigenvalue weighted by Gasteiger charge is -2.08. The van der Waals surface area contributed by atoms with Gasteiger partial charge in [-0.15, -0.1) is 0 Å². The van der Waals surface area contributed by atoms with E-state index in [2.05, 4.69) is 34.9 Å². The van der Waals surface area contributed by atoms with Crippen LogP contribution in [0.25, 0.3) is 11.0 Å². The highest BCUT2D eigenvalue weighted by Gasteiger charge is 2.09. The van der Waals surface area contributed by atoms with Crippen molar-refractivity contribution in [3.05, 3.63) is 54.4 Å². The predicted octanol–water partition coefficient (Wildman–Crippen LogP) is 1.48. The molecule has 7 radical (unpaired) electrons. The Morgan fingerprint density at radius 3 is 2.80 bits per heavy atom. The maximum atomic E-state index is 12.3. The molecule has 0 aliphatic rings. The Bertz CT molecular complexity index is 855. The van der Waals surface area contributed by atoms with Gasteiger partial charge in [0, 0.05) is 39.5 Å². The van der Waals surface area contributed by atoms with E-state index in [0.29, 0.717) is 24.6 Å². The average molecular weight is 380 g/mol. The van der Waals surface area contributed by atoms with Crippen LogP contribution in [0.2, 0.25) is 6.04 Å². The minimum absolute atomic E-state index is 0.173. The molecule has 3 rings (SSSR count). The molecule has 123 valence electrons. The Morgan fingerprint density at radius 1 is 1.24 bits per heavy atom. The number of pyridine rings is 1. The number of ether oxygens (including phenoxy) is 1. The van der Waals surface area contributed by atoms with Gasteiger partial charge in [-0.3, -0.25) is 9.78 Å². The largest absolute Gasteiger partial charge is 0.360 e. The van der Waals surface area contributed by atoms with E-state index in [9.17, 15) is 4.79 Å². The molecule has 2 heterocycles. The summed E-state index contributed by atoms with van der Waals surface area (Å²) in [6.45, 7) is 0.982. The van der Waals surface area contributed by atoms with Crippen LogP contribution in [-0.2, 0) is 11.5 Å². The quantitative estimate of drug-likeness (QED) is 0.499. The Hall–Kier alpha value is -2.08. The summed E-state index contributed by atoms with van der Waals surface area (Å²) in [7, 11) is 6.45. The number of carbonyl (C=O) groups is 1. The lowest BCUT2D eigenvalue weighted by atomic mass is 10.2. The van der Waals surface area contributed by atoms with E-state index in [1.165, 1.54) is 0 Å². The summed E-state index contributed by atoms with van der Waals surface area (Å²) in [5.41, 5.74) is 2.79. The predicted molar refractivity (Wildman–Crippen MR) is 99.9 cm³/mol. The van der Waals surface area contributed by atoms with Crippen LogP contribution in [0.5, 0.6) is 0 Å². The number of fused-ring (bicyclic) bond motifs is 1. The molecule has 6 nitrogen and oxygen atoms in total. The number of hydrogen-bond donors (Lipinski definition) is 1. The zero-order valence-electron chi connectivity index (χ0n) is 13.4. The van der Waals surface area contributed by atoms with Gasteiger partial charge in [-0.2, -0.15) is 5.10 Å². The molecule has 3 aromatic rings. The lowest BCUT2D eigenvalue weighted by molar-refractivity contribution is 0.0823. The van der Waals surface area contributed by atoms with Gasteiger partial charge in [0.2, 0.25) is 0 Å². The van der Waals surface area contributed by atoms with Crippen LogP contribution in [0.4, 0.5) is 5.69 Å². The monoisotopic (exact) mass is 379 g/mol. The number of carbonyl (C=O) groups excluding carboxylic acids is 1. The number of amides is 1. The second kappa shape index (κ2) is 8.34.